The Morgan fingerprint density at radius 3 is 2.74 bits per heavy atom. The standard InChI is InChI=1S/C15H21N3O/c1-3-18(4-2)10-9-17-15-7-8-16-14-6-5-12(19)11-13(14)15/h5-8,11,19H,3-4,9-10H2,1-2H3,(H,16,17). The fraction of sp³-hybridized carbons (Fsp3) is 0.400. The molecular weight excluding hydrogens is 238 g/mol. The maximum Gasteiger partial charge on any atom is 0.116 e. The van der Waals surface area contributed by atoms with Gasteiger partial charge in [-0.3, -0.25) is 4.98 Å². The lowest BCUT2D eigenvalue weighted by atomic mass is 10.2. The van der Waals surface area contributed by atoms with Crippen molar-refractivity contribution in [2.24, 2.45) is 0 Å². The zero-order valence-corrected chi connectivity index (χ0v) is 11.6. The quantitative estimate of drug-likeness (QED) is 0.837. The van der Waals surface area contributed by atoms with Gasteiger partial charge in [-0.25, -0.2) is 0 Å². The Morgan fingerprint density at radius 1 is 1.21 bits per heavy atom. The van der Waals surface area contributed by atoms with E-state index in [-0.39, 0.29) is 5.75 Å². The summed E-state index contributed by atoms with van der Waals surface area (Å²) in [6, 6.07) is 7.20. The van der Waals surface area contributed by atoms with Gasteiger partial charge in [0.25, 0.3) is 0 Å². The number of benzene rings is 1. The summed E-state index contributed by atoms with van der Waals surface area (Å²) in [6.45, 7) is 8.37. The van der Waals surface area contributed by atoms with E-state index in [2.05, 4.69) is 29.0 Å². The minimum Gasteiger partial charge on any atom is -0.508 e. The van der Waals surface area contributed by atoms with Gasteiger partial charge in [0.2, 0.25) is 0 Å². The van der Waals surface area contributed by atoms with Gasteiger partial charge in [0, 0.05) is 30.4 Å². The van der Waals surface area contributed by atoms with Crippen LogP contribution in [0.15, 0.2) is 30.5 Å². The van der Waals surface area contributed by atoms with Gasteiger partial charge in [0.15, 0.2) is 0 Å². The Balaban J connectivity index is 2.10. The summed E-state index contributed by atoms with van der Waals surface area (Å²) >= 11 is 0. The van der Waals surface area contributed by atoms with Crippen molar-refractivity contribution in [2.45, 2.75) is 13.8 Å². The summed E-state index contributed by atoms with van der Waals surface area (Å²) in [7, 11) is 0. The van der Waals surface area contributed by atoms with Crippen molar-refractivity contribution in [1.82, 2.24) is 9.88 Å². The van der Waals surface area contributed by atoms with E-state index in [1.807, 2.05) is 12.1 Å². The summed E-state index contributed by atoms with van der Waals surface area (Å²) < 4.78 is 0. The van der Waals surface area contributed by atoms with Crippen LogP contribution < -0.4 is 5.32 Å². The van der Waals surface area contributed by atoms with Crippen LogP contribution in [-0.2, 0) is 0 Å². The van der Waals surface area contributed by atoms with Crippen molar-refractivity contribution in [3.8, 4) is 5.75 Å². The van der Waals surface area contributed by atoms with Crippen molar-refractivity contribution in [3.63, 3.8) is 0 Å². The van der Waals surface area contributed by atoms with Gasteiger partial charge in [0.05, 0.1) is 5.52 Å². The van der Waals surface area contributed by atoms with Crippen LogP contribution in [0, 0.1) is 0 Å². The number of fused-ring (bicyclic) bond motifs is 1. The predicted octanol–water partition coefficient (Wildman–Crippen LogP) is 2.69. The lowest BCUT2D eigenvalue weighted by Gasteiger charge is -2.18. The number of nitrogens with one attached hydrogen (secondary N) is 1. The first-order valence-electron chi connectivity index (χ1n) is 6.78. The molecule has 0 atom stereocenters. The van der Waals surface area contributed by atoms with E-state index in [1.165, 1.54) is 0 Å². The molecule has 1 aromatic heterocycles. The van der Waals surface area contributed by atoms with Crippen LogP contribution in [0.4, 0.5) is 5.69 Å². The summed E-state index contributed by atoms with van der Waals surface area (Å²) in [5.74, 6) is 0.271. The highest BCUT2D eigenvalue weighted by atomic mass is 16.3. The van der Waals surface area contributed by atoms with Crippen LogP contribution >= 0.6 is 0 Å². The van der Waals surface area contributed by atoms with E-state index in [4.69, 9.17) is 0 Å². The number of aromatic hydroxyl groups is 1. The van der Waals surface area contributed by atoms with Gasteiger partial charge in [-0.1, -0.05) is 13.8 Å². The van der Waals surface area contributed by atoms with Crippen molar-refractivity contribution in [1.29, 1.82) is 0 Å². The second-order valence-corrected chi connectivity index (χ2v) is 4.51. The maximum absolute atomic E-state index is 9.58. The molecule has 0 saturated carbocycles. The van der Waals surface area contributed by atoms with Crippen LogP contribution in [-0.4, -0.2) is 41.2 Å². The molecule has 0 saturated heterocycles. The molecule has 2 rings (SSSR count). The molecule has 19 heavy (non-hydrogen) atoms. The third-order valence-electron chi connectivity index (χ3n) is 3.36. The maximum atomic E-state index is 9.58. The molecule has 2 N–H and O–H groups in total. The molecule has 0 aliphatic heterocycles. The number of anilines is 1. The Kier molecular flexibility index (Phi) is 4.58. The topological polar surface area (TPSA) is 48.4 Å². The number of phenols is 1. The second kappa shape index (κ2) is 6.38. The largest absolute Gasteiger partial charge is 0.508 e. The minimum atomic E-state index is 0.271. The number of rotatable bonds is 6. The van der Waals surface area contributed by atoms with E-state index in [1.54, 1.807) is 18.3 Å². The first-order chi connectivity index (χ1) is 9.24. The fourth-order valence-electron chi connectivity index (χ4n) is 2.18. The van der Waals surface area contributed by atoms with Crippen LogP contribution in [0.1, 0.15) is 13.8 Å². The Labute approximate surface area is 114 Å². The second-order valence-electron chi connectivity index (χ2n) is 4.51. The SMILES string of the molecule is CCN(CC)CCNc1ccnc2ccc(O)cc12. The fourth-order valence-corrected chi connectivity index (χ4v) is 2.18. The summed E-state index contributed by atoms with van der Waals surface area (Å²) in [5, 5.41) is 14.0. The van der Waals surface area contributed by atoms with Crippen LogP contribution in [0.25, 0.3) is 10.9 Å². The summed E-state index contributed by atoms with van der Waals surface area (Å²) in [6.07, 6.45) is 1.79. The number of pyridine rings is 1. The van der Waals surface area contributed by atoms with E-state index in [0.29, 0.717) is 0 Å². The third kappa shape index (κ3) is 3.35. The van der Waals surface area contributed by atoms with E-state index in [0.717, 1.165) is 42.8 Å². The lowest BCUT2D eigenvalue weighted by molar-refractivity contribution is 0.316. The molecule has 0 unspecified atom stereocenters. The Morgan fingerprint density at radius 2 is 2.00 bits per heavy atom. The highest BCUT2D eigenvalue weighted by Crippen LogP contribution is 2.25. The first kappa shape index (κ1) is 13.6. The number of hydrogen-bond acceptors (Lipinski definition) is 4. The molecule has 0 radical (unpaired) electrons. The molecule has 0 bridgehead atoms. The number of hydrogen-bond donors (Lipinski definition) is 2. The van der Waals surface area contributed by atoms with Gasteiger partial charge in [-0.2, -0.15) is 0 Å². The molecule has 2 aromatic rings. The Bertz CT molecular complexity index is 538. The van der Waals surface area contributed by atoms with Gasteiger partial charge in [-0.05, 0) is 37.4 Å². The summed E-state index contributed by atoms with van der Waals surface area (Å²) in [5.41, 5.74) is 1.92. The number of nitrogens with zero attached hydrogens (tertiary/aromatic N) is 2. The normalized spacial score (nSPS) is 11.1. The van der Waals surface area contributed by atoms with Gasteiger partial charge < -0.3 is 15.3 Å². The van der Waals surface area contributed by atoms with Gasteiger partial charge >= 0.3 is 0 Å². The van der Waals surface area contributed by atoms with Crippen LogP contribution in [0.5, 0.6) is 5.75 Å². The highest BCUT2D eigenvalue weighted by molar-refractivity contribution is 5.91. The Hall–Kier alpha value is -1.81. The van der Waals surface area contributed by atoms with Crippen molar-refractivity contribution < 1.29 is 5.11 Å². The molecule has 4 heteroatoms. The van der Waals surface area contributed by atoms with E-state index < -0.39 is 0 Å². The third-order valence-corrected chi connectivity index (χ3v) is 3.36. The average molecular weight is 259 g/mol. The average Bonchev–Trinajstić information content (AvgIpc) is 2.44. The zero-order chi connectivity index (χ0) is 13.7. The van der Waals surface area contributed by atoms with E-state index >= 15 is 0 Å². The van der Waals surface area contributed by atoms with Gasteiger partial charge in [-0.15, -0.1) is 0 Å². The molecule has 1 heterocycles. The smallest absolute Gasteiger partial charge is 0.116 e. The van der Waals surface area contributed by atoms with Crippen molar-refractivity contribution in [2.75, 3.05) is 31.5 Å². The first-order valence-corrected chi connectivity index (χ1v) is 6.78. The van der Waals surface area contributed by atoms with Gasteiger partial charge in [0.1, 0.15) is 5.75 Å². The number of likely N-dealkylation sites (N-methyl/N-ethyl adjacent to an activating group) is 1. The van der Waals surface area contributed by atoms with E-state index in [9.17, 15) is 5.11 Å². The number of phenolic OH excluding ortho intramolecular Hbond substituents is 1. The zero-order valence-electron chi connectivity index (χ0n) is 11.6. The van der Waals surface area contributed by atoms with Crippen LogP contribution in [0.2, 0.25) is 0 Å². The highest BCUT2D eigenvalue weighted by Gasteiger charge is 2.03. The monoisotopic (exact) mass is 259 g/mol. The molecule has 0 spiro atoms. The molecule has 0 aliphatic carbocycles. The molecular formula is C15H21N3O. The lowest BCUT2D eigenvalue weighted by Crippen LogP contribution is -2.28. The molecule has 1 aromatic carbocycles. The minimum absolute atomic E-state index is 0.271. The number of aromatic nitrogens is 1. The predicted molar refractivity (Wildman–Crippen MR) is 79.7 cm³/mol. The van der Waals surface area contributed by atoms with Crippen molar-refractivity contribution >= 4 is 16.6 Å². The molecule has 4 nitrogen and oxygen atoms in total. The molecule has 102 valence electrons. The van der Waals surface area contributed by atoms with Crippen molar-refractivity contribution in [3.05, 3.63) is 30.5 Å². The molecule has 0 fully saturated rings. The molecule has 0 aliphatic rings. The van der Waals surface area contributed by atoms with Crippen LogP contribution in [0.3, 0.4) is 0 Å². The summed E-state index contributed by atoms with van der Waals surface area (Å²) in [4.78, 5) is 6.67. The molecule has 0 amide bonds.